The number of nitrogens with one attached hydrogen (secondary N) is 2. The molecule has 0 bridgehead atoms. The Hall–Kier alpha value is -2.81. The number of imidazole rings is 1. The fourth-order valence-electron chi connectivity index (χ4n) is 4.03. The first-order chi connectivity index (χ1) is 17.3. The number of fused-ring (bicyclic) bond motifs is 1. The molecule has 13 nitrogen and oxygen atoms in total. The Bertz CT molecular complexity index is 1240. The molecule has 7 N–H and O–H groups in total. The number of nitrogen functional groups attached to an aromatic ring is 1. The van der Waals surface area contributed by atoms with Crippen LogP contribution in [0.15, 0.2) is 30.6 Å². The third-order valence-electron chi connectivity index (χ3n) is 5.92. The van der Waals surface area contributed by atoms with E-state index in [0.29, 0.717) is 31.4 Å². The van der Waals surface area contributed by atoms with Gasteiger partial charge in [0.25, 0.3) is 5.91 Å². The minimum absolute atomic E-state index is 0. The molecule has 2 aromatic heterocycles. The minimum atomic E-state index is -1.42. The molecular weight excluding hydrogens is 493 g/mol. The Morgan fingerprint density at radius 1 is 1.14 bits per heavy atom. The number of aryl methyl sites for hydroxylation is 1. The van der Waals surface area contributed by atoms with E-state index in [1.807, 2.05) is 24.3 Å². The molecule has 0 spiro atoms. The Morgan fingerprint density at radius 3 is 2.46 bits per heavy atom. The number of hydrogen-bond acceptors (Lipinski definition) is 10. The summed E-state index contributed by atoms with van der Waals surface area (Å²) in [6, 6.07) is 7.71. The first kappa shape index (κ1) is 28.8. The van der Waals surface area contributed by atoms with Crippen LogP contribution in [0.2, 0.25) is 0 Å². The number of carbonyl (C=O) groups excluding carboxylic acids is 1. The summed E-state index contributed by atoms with van der Waals surface area (Å²) >= 11 is 0. The molecule has 0 aliphatic carbocycles. The number of aromatic nitrogens is 4. The molecule has 0 unspecified atom stereocenters. The molecule has 4 rings (SSSR count). The number of carboxylic acids is 1. The summed E-state index contributed by atoms with van der Waals surface area (Å²) in [4.78, 5) is 35.8. The zero-order valence-corrected chi connectivity index (χ0v) is 22.7. The van der Waals surface area contributed by atoms with E-state index < -0.39 is 36.4 Å². The third-order valence-corrected chi connectivity index (χ3v) is 5.92. The molecule has 1 aliphatic rings. The monoisotopic (exact) mass is 523 g/mol. The maximum atomic E-state index is 12.2. The van der Waals surface area contributed by atoms with Crippen LogP contribution in [0.3, 0.4) is 0 Å². The van der Waals surface area contributed by atoms with Gasteiger partial charge in [0.1, 0.15) is 17.7 Å². The molecule has 4 atom stereocenters. The number of carbonyl (C=O) groups is 2. The van der Waals surface area contributed by atoms with Gasteiger partial charge < -0.3 is 37.9 Å². The van der Waals surface area contributed by atoms with E-state index in [1.165, 1.54) is 10.9 Å². The van der Waals surface area contributed by atoms with E-state index in [4.69, 9.17) is 15.6 Å². The molecular formula is C23H30N7NaO6. The quantitative estimate of drug-likeness (QED) is 0.148. The van der Waals surface area contributed by atoms with Gasteiger partial charge in [0, 0.05) is 19.5 Å². The number of likely N-dealkylation sites (N-methyl/N-ethyl adjacent to an activating group) is 1. The van der Waals surface area contributed by atoms with Crippen molar-refractivity contribution in [1.82, 2.24) is 24.8 Å². The van der Waals surface area contributed by atoms with Crippen LogP contribution in [0.4, 0.5) is 11.8 Å². The van der Waals surface area contributed by atoms with Crippen molar-refractivity contribution in [1.29, 1.82) is 0 Å². The van der Waals surface area contributed by atoms with Crippen molar-refractivity contribution in [3.8, 4) is 0 Å². The number of hydrogen-bond donors (Lipinski definition) is 6. The van der Waals surface area contributed by atoms with Crippen molar-refractivity contribution < 1.29 is 60.6 Å². The number of nitrogens with two attached hydrogens (primary N) is 1. The van der Waals surface area contributed by atoms with Crippen molar-refractivity contribution in [3.05, 3.63) is 41.7 Å². The minimum Gasteiger partial charge on any atom is -1.00 e. The van der Waals surface area contributed by atoms with Crippen LogP contribution in [0.5, 0.6) is 0 Å². The number of ether oxygens (including phenoxy) is 1. The molecule has 3 aromatic rings. The SMILES string of the molecule is CCNC(=O)[C@H]1O[C@@H](n2cnc3c(N)nc(NCCc4ccc(CCC(=O)O)cc4)nc32)[C@H](O)[C@@H]1O.[H-].[Na+]. The summed E-state index contributed by atoms with van der Waals surface area (Å²) in [5.41, 5.74) is 8.65. The van der Waals surface area contributed by atoms with Gasteiger partial charge in [-0.05, 0) is 30.9 Å². The number of aliphatic hydroxyl groups excluding tert-OH is 2. The van der Waals surface area contributed by atoms with E-state index in [1.54, 1.807) is 6.92 Å². The van der Waals surface area contributed by atoms with Crippen molar-refractivity contribution in [2.45, 2.75) is 50.7 Å². The number of aliphatic carboxylic acids is 1. The Kier molecular flexibility index (Phi) is 9.81. The molecule has 37 heavy (non-hydrogen) atoms. The number of aliphatic hydroxyl groups is 2. The molecule has 14 heteroatoms. The number of benzene rings is 1. The summed E-state index contributed by atoms with van der Waals surface area (Å²) in [7, 11) is 0. The molecule has 0 saturated carbocycles. The van der Waals surface area contributed by atoms with Crippen LogP contribution < -0.4 is 45.9 Å². The maximum absolute atomic E-state index is 12.2. The average molecular weight is 524 g/mol. The molecule has 194 valence electrons. The van der Waals surface area contributed by atoms with E-state index in [0.717, 1.165) is 11.1 Å². The predicted molar refractivity (Wildman–Crippen MR) is 130 cm³/mol. The smallest absolute Gasteiger partial charge is 1.00 e. The zero-order chi connectivity index (χ0) is 25.8. The number of amides is 1. The molecule has 1 aliphatic heterocycles. The Labute approximate surface area is 236 Å². The summed E-state index contributed by atoms with van der Waals surface area (Å²) in [6.45, 7) is 2.59. The standard InChI is InChI=1S/C23H29N7O6.Na.H/c1-2-25-21(35)18-16(33)17(34)22(36-18)30-11-27-15-19(24)28-23(29-20(15)30)26-10-9-13-5-3-12(4-6-13)7-8-14(31)32;;/h3-6,11,16-18,22,33-34H,2,7-10H2,1H3,(H,25,35)(H,31,32)(H3,24,26,28,29);;/q;+1;-1/t16-,17+,18-,22+;;/m0../s1. The molecule has 1 saturated heterocycles. The van der Waals surface area contributed by atoms with Gasteiger partial charge in [0.2, 0.25) is 5.95 Å². The van der Waals surface area contributed by atoms with Gasteiger partial charge in [-0.15, -0.1) is 0 Å². The van der Waals surface area contributed by atoms with Gasteiger partial charge in [-0.2, -0.15) is 9.97 Å². The third kappa shape index (κ3) is 6.55. The summed E-state index contributed by atoms with van der Waals surface area (Å²) in [5.74, 6) is -0.985. The van der Waals surface area contributed by atoms with Crippen LogP contribution in [-0.4, -0.2) is 78.1 Å². The molecule has 1 amide bonds. The first-order valence-electron chi connectivity index (χ1n) is 11.6. The normalized spacial score (nSPS) is 20.9. The number of carboxylic acid groups (broad SMARTS) is 1. The van der Waals surface area contributed by atoms with E-state index in [-0.39, 0.29) is 54.8 Å². The van der Waals surface area contributed by atoms with Gasteiger partial charge in [0.15, 0.2) is 23.8 Å². The van der Waals surface area contributed by atoms with Gasteiger partial charge in [-0.1, -0.05) is 24.3 Å². The van der Waals surface area contributed by atoms with E-state index in [9.17, 15) is 19.8 Å². The van der Waals surface area contributed by atoms with E-state index in [2.05, 4.69) is 25.6 Å². The summed E-state index contributed by atoms with van der Waals surface area (Å²) in [5, 5.41) is 35.4. The molecule has 0 radical (unpaired) electrons. The fourth-order valence-corrected chi connectivity index (χ4v) is 4.03. The van der Waals surface area contributed by atoms with Gasteiger partial charge in [-0.3, -0.25) is 14.2 Å². The second-order valence-corrected chi connectivity index (χ2v) is 8.47. The van der Waals surface area contributed by atoms with Gasteiger partial charge in [-0.25, -0.2) is 4.98 Å². The fraction of sp³-hybridized carbons (Fsp3) is 0.435. The van der Waals surface area contributed by atoms with Gasteiger partial charge >= 0.3 is 35.5 Å². The number of anilines is 2. The summed E-state index contributed by atoms with van der Waals surface area (Å²) < 4.78 is 7.09. The number of rotatable bonds is 10. The largest absolute Gasteiger partial charge is 1.00 e. The van der Waals surface area contributed by atoms with E-state index >= 15 is 0 Å². The number of nitrogens with zero attached hydrogens (tertiary/aromatic N) is 4. The van der Waals surface area contributed by atoms with Gasteiger partial charge in [0.05, 0.1) is 6.33 Å². The van der Waals surface area contributed by atoms with Crippen molar-refractivity contribution in [2.75, 3.05) is 24.1 Å². The first-order valence-corrected chi connectivity index (χ1v) is 11.6. The second-order valence-electron chi connectivity index (χ2n) is 8.47. The summed E-state index contributed by atoms with van der Waals surface area (Å²) in [6.07, 6.45) is -2.56. The van der Waals surface area contributed by atoms with Crippen molar-refractivity contribution in [2.24, 2.45) is 0 Å². The van der Waals surface area contributed by atoms with Crippen molar-refractivity contribution >= 4 is 34.8 Å². The second kappa shape index (κ2) is 12.6. The van der Waals surface area contributed by atoms with Crippen LogP contribution >= 0.6 is 0 Å². The molecule has 1 fully saturated rings. The maximum Gasteiger partial charge on any atom is 1.00 e. The van der Waals surface area contributed by atoms with Crippen molar-refractivity contribution in [3.63, 3.8) is 0 Å². The topological polar surface area (TPSA) is 198 Å². The Morgan fingerprint density at radius 2 is 1.81 bits per heavy atom. The Balaban J connectivity index is 0.00000253. The van der Waals surface area contributed by atoms with Crippen LogP contribution in [0, 0.1) is 0 Å². The predicted octanol–water partition coefficient (Wildman–Crippen LogP) is -3.05. The van der Waals surface area contributed by atoms with Crippen LogP contribution in [0.1, 0.15) is 32.1 Å². The average Bonchev–Trinajstić information content (AvgIpc) is 3.40. The van der Waals surface area contributed by atoms with Crippen LogP contribution in [-0.2, 0) is 27.2 Å². The molecule has 1 aromatic carbocycles. The zero-order valence-electron chi connectivity index (χ0n) is 21.7. The molecule has 3 heterocycles. The van der Waals surface area contributed by atoms with Crippen LogP contribution in [0.25, 0.3) is 11.2 Å².